The zero-order chi connectivity index (χ0) is 14.9. The Hall–Kier alpha value is -2.35. The molecule has 3 rings (SSSR count). The van der Waals surface area contributed by atoms with Gasteiger partial charge in [0.2, 0.25) is 0 Å². The third-order valence-corrected chi connectivity index (χ3v) is 4.19. The first-order valence-corrected chi connectivity index (χ1v) is 7.24. The molecular formula is C19H20N2. The molecule has 1 heterocycles. The molecule has 0 spiro atoms. The average molecular weight is 276 g/mol. The minimum atomic E-state index is -0.168. The van der Waals surface area contributed by atoms with E-state index in [4.69, 9.17) is 4.99 Å². The Morgan fingerprint density at radius 2 is 1.52 bits per heavy atom. The van der Waals surface area contributed by atoms with Gasteiger partial charge in [0.25, 0.3) is 0 Å². The minimum Gasteiger partial charge on any atom is -0.363 e. The van der Waals surface area contributed by atoms with Gasteiger partial charge in [-0.3, -0.25) is 4.99 Å². The van der Waals surface area contributed by atoms with Crippen LogP contribution in [0.4, 0.5) is 11.4 Å². The lowest BCUT2D eigenvalue weighted by Gasteiger charge is -2.37. The molecule has 106 valence electrons. The van der Waals surface area contributed by atoms with Crippen molar-refractivity contribution in [3.8, 4) is 0 Å². The van der Waals surface area contributed by atoms with Crippen molar-refractivity contribution in [1.82, 2.24) is 0 Å². The Morgan fingerprint density at radius 1 is 0.857 bits per heavy atom. The number of nitrogens with zero attached hydrogens (tertiary/aromatic N) is 2. The Morgan fingerprint density at radius 3 is 2.29 bits per heavy atom. The molecule has 0 radical (unpaired) electrons. The highest BCUT2D eigenvalue weighted by atomic mass is 15.2. The van der Waals surface area contributed by atoms with Crippen molar-refractivity contribution in [1.29, 1.82) is 0 Å². The van der Waals surface area contributed by atoms with E-state index in [1.54, 1.807) is 0 Å². The molecular weight excluding hydrogens is 256 g/mol. The highest BCUT2D eigenvalue weighted by Crippen LogP contribution is 2.32. The Bertz CT molecular complexity index is 697. The van der Waals surface area contributed by atoms with Crippen LogP contribution in [0.3, 0.4) is 0 Å². The monoisotopic (exact) mass is 276 g/mol. The fourth-order valence-electron chi connectivity index (χ4n) is 2.60. The van der Waals surface area contributed by atoms with Gasteiger partial charge in [-0.2, -0.15) is 0 Å². The molecule has 0 aromatic heterocycles. The molecule has 0 saturated carbocycles. The second-order valence-corrected chi connectivity index (χ2v) is 5.84. The number of para-hydroxylation sites is 2. The summed E-state index contributed by atoms with van der Waals surface area (Å²) in [7, 11) is 2.13. The number of anilines is 1. The predicted octanol–water partition coefficient (Wildman–Crippen LogP) is 4.70. The lowest BCUT2D eigenvalue weighted by molar-refractivity contribution is 0.645. The fourth-order valence-corrected chi connectivity index (χ4v) is 2.60. The molecule has 0 amide bonds. The summed E-state index contributed by atoms with van der Waals surface area (Å²) >= 11 is 0. The van der Waals surface area contributed by atoms with Gasteiger partial charge in [0.05, 0.1) is 16.9 Å². The van der Waals surface area contributed by atoms with Gasteiger partial charge in [-0.15, -0.1) is 0 Å². The van der Waals surface area contributed by atoms with Crippen LogP contribution in [0.1, 0.15) is 19.4 Å². The van der Waals surface area contributed by atoms with Crippen LogP contribution in [0.2, 0.25) is 0 Å². The van der Waals surface area contributed by atoms with Crippen LogP contribution < -0.4 is 4.90 Å². The predicted molar refractivity (Wildman–Crippen MR) is 91.5 cm³/mol. The van der Waals surface area contributed by atoms with Crippen LogP contribution in [0.25, 0.3) is 6.08 Å². The molecule has 0 unspecified atom stereocenters. The third-order valence-electron chi connectivity index (χ3n) is 4.19. The maximum absolute atomic E-state index is 4.85. The molecule has 0 saturated heterocycles. The van der Waals surface area contributed by atoms with E-state index in [-0.39, 0.29) is 5.54 Å². The largest absolute Gasteiger partial charge is 0.363 e. The minimum absolute atomic E-state index is 0.168. The lowest BCUT2D eigenvalue weighted by atomic mass is 9.96. The van der Waals surface area contributed by atoms with E-state index in [1.165, 1.54) is 11.3 Å². The molecule has 2 nitrogen and oxygen atoms in total. The maximum atomic E-state index is 4.85. The van der Waals surface area contributed by atoms with Gasteiger partial charge in [0.1, 0.15) is 0 Å². The quantitative estimate of drug-likeness (QED) is 0.737. The summed E-state index contributed by atoms with van der Waals surface area (Å²) < 4.78 is 0. The Labute approximate surface area is 126 Å². The molecule has 2 aromatic carbocycles. The summed E-state index contributed by atoms with van der Waals surface area (Å²) in [6.45, 7) is 4.42. The van der Waals surface area contributed by atoms with Crippen LogP contribution in [-0.4, -0.2) is 18.3 Å². The molecule has 0 aliphatic carbocycles. The van der Waals surface area contributed by atoms with E-state index in [1.807, 2.05) is 30.3 Å². The standard InChI is InChI=1S/C19H20N2/c1-19(2)18(20-16-10-5-4-6-11-16)14-13-15-9-7-8-12-17(15)21(19)3/h4-14H,1-3H3. The lowest BCUT2D eigenvalue weighted by Crippen LogP contribution is -2.47. The molecule has 0 N–H and O–H groups in total. The number of fused-ring (bicyclic) bond motifs is 1. The number of aliphatic imine (C=N–C) groups is 1. The van der Waals surface area contributed by atoms with Crippen LogP contribution >= 0.6 is 0 Å². The van der Waals surface area contributed by atoms with Gasteiger partial charge in [-0.25, -0.2) is 0 Å². The van der Waals surface area contributed by atoms with Crippen molar-refractivity contribution in [2.75, 3.05) is 11.9 Å². The topological polar surface area (TPSA) is 15.6 Å². The molecule has 0 atom stereocenters. The van der Waals surface area contributed by atoms with Crippen LogP contribution in [0, 0.1) is 0 Å². The van der Waals surface area contributed by atoms with Crippen molar-refractivity contribution in [2.24, 2.45) is 4.99 Å². The van der Waals surface area contributed by atoms with Crippen molar-refractivity contribution < 1.29 is 0 Å². The number of benzene rings is 2. The summed E-state index contributed by atoms with van der Waals surface area (Å²) in [5.74, 6) is 0. The molecule has 1 aliphatic heterocycles. The van der Waals surface area contributed by atoms with Crippen molar-refractivity contribution >= 4 is 23.2 Å². The second-order valence-electron chi connectivity index (χ2n) is 5.84. The van der Waals surface area contributed by atoms with Crippen molar-refractivity contribution in [3.63, 3.8) is 0 Å². The number of hydrogen-bond acceptors (Lipinski definition) is 2. The smallest absolute Gasteiger partial charge is 0.0765 e. The molecule has 2 heteroatoms. The normalized spacial score (nSPS) is 18.4. The third kappa shape index (κ3) is 2.49. The summed E-state index contributed by atoms with van der Waals surface area (Å²) in [6.07, 6.45) is 4.29. The van der Waals surface area contributed by atoms with E-state index < -0.39 is 0 Å². The van der Waals surface area contributed by atoms with E-state index in [0.717, 1.165) is 11.4 Å². The van der Waals surface area contributed by atoms with E-state index in [2.05, 4.69) is 62.2 Å². The SMILES string of the molecule is CN1c2ccccc2C=CC(=Nc2ccccc2)C1(C)C. The molecule has 1 aliphatic rings. The fraction of sp³-hybridized carbons (Fsp3) is 0.211. The first-order valence-electron chi connectivity index (χ1n) is 7.24. The van der Waals surface area contributed by atoms with E-state index in [9.17, 15) is 0 Å². The first kappa shape index (κ1) is 13.6. The maximum Gasteiger partial charge on any atom is 0.0765 e. The van der Waals surface area contributed by atoms with Gasteiger partial charge in [0.15, 0.2) is 0 Å². The van der Waals surface area contributed by atoms with Crippen molar-refractivity contribution in [2.45, 2.75) is 19.4 Å². The summed E-state index contributed by atoms with van der Waals surface area (Å²) in [4.78, 5) is 7.15. The highest BCUT2D eigenvalue weighted by Gasteiger charge is 2.31. The Balaban J connectivity index is 2.10. The molecule has 2 aromatic rings. The highest BCUT2D eigenvalue weighted by molar-refractivity contribution is 6.09. The average Bonchev–Trinajstić information content (AvgIpc) is 2.59. The van der Waals surface area contributed by atoms with Crippen LogP contribution in [0.15, 0.2) is 65.7 Å². The molecule has 0 bridgehead atoms. The van der Waals surface area contributed by atoms with Gasteiger partial charge in [-0.05, 0) is 43.7 Å². The van der Waals surface area contributed by atoms with Gasteiger partial charge in [-0.1, -0.05) is 42.5 Å². The van der Waals surface area contributed by atoms with Gasteiger partial charge >= 0.3 is 0 Å². The van der Waals surface area contributed by atoms with Crippen molar-refractivity contribution in [3.05, 3.63) is 66.2 Å². The summed E-state index contributed by atoms with van der Waals surface area (Å²) in [6, 6.07) is 18.6. The Kier molecular flexibility index (Phi) is 3.38. The zero-order valence-corrected chi connectivity index (χ0v) is 12.7. The molecule has 21 heavy (non-hydrogen) atoms. The van der Waals surface area contributed by atoms with E-state index >= 15 is 0 Å². The van der Waals surface area contributed by atoms with Crippen LogP contribution in [0.5, 0.6) is 0 Å². The second kappa shape index (κ2) is 5.21. The molecule has 0 fully saturated rings. The number of rotatable bonds is 1. The van der Waals surface area contributed by atoms with Gasteiger partial charge < -0.3 is 4.90 Å². The summed E-state index contributed by atoms with van der Waals surface area (Å²) in [5.41, 5.74) is 4.35. The zero-order valence-electron chi connectivity index (χ0n) is 12.7. The summed E-state index contributed by atoms with van der Waals surface area (Å²) in [5, 5.41) is 0. The first-order chi connectivity index (χ1) is 10.1. The van der Waals surface area contributed by atoms with E-state index in [0.29, 0.717) is 0 Å². The van der Waals surface area contributed by atoms with Gasteiger partial charge in [0, 0.05) is 12.7 Å². The van der Waals surface area contributed by atoms with Crippen LogP contribution in [-0.2, 0) is 0 Å². The number of hydrogen-bond donors (Lipinski definition) is 0.